The molecule has 0 aliphatic heterocycles. The van der Waals surface area contributed by atoms with Gasteiger partial charge in [0.15, 0.2) is 0 Å². The van der Waals surface area contributed by atoms with Crippen LogP contribution >= 0.6 is 0 Å². The number of para-hydroxylation sites is 1. The molecule has 0 aliphatic rings. The van der Waals surface area contributed by atoms with Crippen molar-refractivity contribution in [2.45, 2.75) is 13.1 Å². The molecule has 0 fully saturated rings. The minimum atomic E-state index is -4.39. The Morgan fingerprint density at radius 2 is 1.68 bits per heavy atom. The van der Waals surface area contributed by atoms with Crippen LogP contribution in [-0.2, 0) is 6.18 Å². The quantitative estimate of drug-likeness (QED) is 0.602. The SMILES string of the molecule is Cc1cc(C(F)(F)F)ccc1-c1cccc(F)c1N. The van der Waals surface area contributed by atoms with Crippen molar-refractivity contribution in [3.05, 3.63) is 53.3 Å². The van der Waals surface area contributed by atoms with Gasteiger partial charge in [0.25, 0.3) is 0 Å². The summed E-state index contributed by atoms with van der Waals surface area (Å²) in [7, 11) is 0. The van der Waals surface area contributed by atoms with Gasteiger partial charge in [-0.1, -0.05) is 18.2 Å². The van der Waals surface area contributed by atoms with Crippen molar-refractivity contribution in [3.8, 4) is 11.1 Å². The fourth-order valence-electron chi connectivity index (χ4n) is 1.91. The van der Waals surface area contributed by atoms with E-state index in [9.17, 15) is 17.6 Å². The standard InChI is InChI=1S/C14H11F4N/c1-8-7-9(14(16,17)18)5-6-10(8)11-3-2-4-12(15)13(11)19/h2-7H,19H2,1H3. The van der Waals surface area contributed by atoms with Gasteiger partial charge in [-0.25, -0.2) is 4.39 Å². The lowest BCUT2D eigenvalue weighted by molar-refractivity contribution is -0.137. The summed E-state index contributed by atoms with van der Waals surface area (Å²) in [6, 6.07) is 7.56. The highest BCUT2D eigenvalue weighted by Gasteiger charge is 2.30. The fourth-order valence-corrected chi connectivity index (χ4v) is 1.91. The Morgan fingerprint density at radius 3 is 2.26 bits per heavy atom. The van der Waals surface area contributed by atoms with Crippen LogP contribution in [0.15, 0.2) is 36.4 Å². The van der Waals surface area contributed by atoms with Crippen LogP contribution in [0.1, 0.15) is 11.1 Å². The van der Waals surface area contributed by atoms with Crippen molar-refractivity contribution in [3.63, 3.8) is 0 Å². The number of hydrogen-bond acceptors (Lipinski definition) is 1. The highest BCUT2D eigenvalue weighted by Crippen LogP contribution is 2.35. The zero-order valence-electron chi connectivity index (χ0n) is 10.1. The summed E-state index contributed by atoms with van der Waals surface area (Å²) in [5.74, 6) is -0.586. The first kappa shape index (κ1) is 13.4. The van der Waals surface area contributed by atoms with E-state index >= 15 is 0 Å². The molecular weight excluding hydrogens is 258 g/mol. The Labute approximate surface area is 107 Å². The highest BCUT2D eigenvalue weighted by atomic mass is 19.4. The molecule has 0 spiro atoms. The van der Waals surface area contributed by atoms with E-state index in [-0.39, 0.29) is 5.69 Å². The predicted molar refractivity (Wildman–Crippen MR) is 66.0 cm³/mol. The maximum absolute atomic E-state index is 13.4. The van der Waals surface area contributed by atoms with E-state index in [0.29, 0.717) is 16.7 Å². The molecule has 0 atom stereocenters. The van der Waals surface area contributed by atoms with E-state index in [4.69, 9.17) is 5.73 Å². The van der Waals surface area contributed by atoms with Gasteiger partial charge in [-0.05, 0) is 36.2 Å². The van der Waals surface area contributed by atoms with Gasteiger partial charge in [-0.3, -0.25) is 0 Å². The lowest BCUT2D eigenvalue weighted by Crippen LogP contribution is -2.05. The maximum Gasteiger partial charge on any atom is 0.416 e. The number of anilines is 1. The molecule has 2 N–H and O–H groups in total. The van der Waals surface area contributed by atoms with Crippen LogP contribution in [0, 0.1) is 12.7 Å². The molecule has 19 heavy (non-hydrogen) atoms. The minimum absolute atomic E-state index is 0.0645. The van der Waals surface area contributed by atoms with Crippen LogP contribution in [-0.4, -0.2) is 0 Å². The van der Waals surface area contributed by atoms with Gasteiger partial charge < -0.3 is 5.73 Å². The molecule has 5 heteroatoms. The minimum Gasteiger partial charge on any atom is -0.396 e. The fraction of sp³-hybridized carbons (Fsp3) is 0.143. The second-order valence-corrected chi connectivity index (χ2v) is 4.23. The third-order valence-corrected chi connectivity index (χ3v) is 2.90. The Bertz CT molecular complexity index is 617. The first-order chi connectivity index (χ1) is 8.80. The van der Waals surface area contributed by atoms with Gasteiger partial charge in [0.1, 0.15) is 5.82 Å². The highest BCUT2D eigenvalue weighted by molar-refractivity contribution is 5.78. The average Bonchev–Trinajstić information content (AvgIpc) is 2.32. The van der Waals surface area contributed by atoms with E-state index in [1.165, 1.54) is 25.1 Å². The van der Waals surface area contributed by atoms with Crippen molar-refractivity contribution in [1.82, 2.24) is 0 Å². The molecule has 0 aliphatic carbocycles. The number of rotatable bonds is 1. The topological polar surface area (TPSA) is 26.0 Å². The second kappa shape index (κ2) is 4.57. The van der Waals surface area contributed by atoms with Gasteiger partial charge >= 0.3 is 6.18 Å². The smallest absolute Gasteiger partial charge is 0.396 e. The van der Waals surface area contributed by atoms with Crippen LogP contribution in [0.4, 0.5) is 23.2 Å². The first-order valence-electron chi connectivity index (χ1n) is 5.53. The van der Waals surface area contributed by atoms with Crippen LogP contribution in [0.25, 0.3) is 11.1 Å². The molecule has 0 saturated carbocycles. The first-order valence-corrected chi connectivity index (χ1v) is 5.53. The summed E-state index contributed by atoms with van der Waals surface area (Å²) >= 11 is 0. The summed E-state index contributed by atoms with van der Waals surface area (Å²) in [5.41, 5.74) is 6.09. The van der Waals surface area contributed by atoms with Gasteiger partial charge in [0, 0.05) is 5.56 Å². The molecule has 0 heterocycles. The number of aryl methyl sites for hydroxylation is 1. The molecule has 1 nitrogen and oxygen atoms in total. The molecular formula is C14H11F4N. The maximum atomic E-state index is 13.4. The molecule has 0 radical (unpaired) electrons. The summed E-state index contributed by atoms with van der Waals surface area (Å²) in [6.45, 7) is 1.54. The summed E-state index contributed by atoms with van der Waals surface area (Å²) in [5, 5.41) is 0. The molecule has 0 aromatic heterocycles. The van der Waals surface area contributed by atoms with Crippen LogP contribution in [0.2, 0.25) is 0 Å². The molecule has 0 unspecified atom stereocenters. The Hall–Kier alpha value is -2.04. The van der Waals surface area contributed by atoms with E-state index < -0.39 is 17.6 Å². The Morgan fingerprint density at radius 1 is 1.00 bits per heavy atom. The van der Waals surface area contributed by atoms with Gasteiger partial charge in [-0.2, -0.15) is 13.2 Å². The number of alkyl halides is 3. The third kappa shape index (κ3) is 2.54. The lowest BCUT2D eigenvalue weighted by Gasteiger charge is -2.13. The number of halogens is 4. The average molecular weight is 269 g/mol. The largest absolute Gasteiger partial charge is 0.416 e. The van der Waals surface area contributed by atoms with Gasteiger partial charge in [-0.15, -0.1) is 0 Å². The summed E-state index contributed by atoms with van der Waals surface area (Å²) < 4.78 is 51.0. The zero-order valence-corrected chi connectivity index (χ0v) is 10.1. The van der Waals surface area contributed by atoms with Crippen molar-refractivity contribution in [2.75, 3.05) is 5.73 Å². The third-order valence-electron chi connectivity index (χ3n) is 2.90. The molecule has 0 amide bonds. The van der Waals surface area contributed by atoms with Crippen LogP contribution in [0.3, 0.4) is 0 Å². The van der Waals surface area contributed by atoms with Crippen molar-refractivity contribution >= 4 is 5.69 Å². The van der Waals surface area contributed by atoms with Crippen LogP contribution in [0.5, 0.6) is 0 Å². The number of hydrogen-bond donors (Lipinski definition) is 1. The van der Waals surface area contributed by atoms with E-state index in [1.54, 1.807) is 6.07 Å². The molecule has 0 saturated heterocycles. The predicted octanol–water partition coefficient (Wildman–Crippen LogP) is 4.40. The summed E-state index contributed by atoms with van der Waals surface area (Å²) in [4.78, 5) is 0. The molecule has 0 bridgehead atoms. The molecule has 100 valence electrons. The number of nitrogens with two attached hydrogens (primary N) is 1. The normalized spacial score (nSPS) is 11.6. The monoisotopic (exact) mass is 269 g/mol. The molecule has 2 aromatic carbocycles. The Kier molecular flexibility index (Phi) is 3.22. The number of benzene rings is 2. The molecule has 2 rings (SSSR count). The van der Waals surface area contributed by atoms with Gasteiger partial charge in [0.05, 0.1) is 11.3 Å². The van der Waals surface area contributed by atoms with Crippen LogP contribution < -0.4 is 5.73 Å². The number of nitrogen functional groups attached to an aromatic ring is 1. The van der Waals surface area contributed by atoms with E-state index in [2.05, 4.69) is 0 Å². The van der Waals surface area contributed by atoms with Crippen molar-refractivity contribution < 1.29 is 17.6 Å². The van der Waals surface area contributed by atoms with E-state index in [0.717, 1.165) is 12.1 Å². The Balaban J connectivity index is 2.56. The van der Waals surface area contributed by atoms with Crippen molar-refractivity contribution in [2.24, 2.45) is 0 Å². The van der Waals surface area contributed by atoms with E-state index in [1.807, 2.05) is 0 Å². The zero-order chi connectivity index (χ0) is 14.2. The molecule has 2 aromatic rings. The second-order valence-electron chi connectivity index (χ2n) is 4.23. The van der Waals surface area contributed by atoms with Gasteiger partial charge in [0.2, 0.25) is 0 Å². The van der Waals surface area contributed by atoms with Crippen molar-refractivity contribution in [1.29, 1.82) is 0 Å². The lowest BCUT2D eigenvalue weighted by atomic mass is 9.97. The summed E-state index contributed by atoms with van der Waals surface area (Å²) in [6.07, 6.45) is -4.39.